The average molecular weight is 436 g/mol. The van der Waals surface area contributed by atoms with E-state index in [1.807, 2.05) is 24.1 Å². The molecular formula is C27H33NO4. The molecule has 0 aromatic heterocycles. The van der Waals surface area contributed by atoms with Crippen molar-refractivity contribution in [2.24, 2.45) is 28.6 Å². The standard InChI is InChI=1S/C27H33NO4/c1-26-12-10-23(29)28(3)22(26)8-7-19-20(26)9-11-27(2)21(19)15-18(24(27)30)14-16-5-4-6-17(13-16)25(31)32/h4-6,10,12-14,19-22,24,30H,7-9,11,15H2,1-3H3,(H,31,32)/t19-,20+,21+,22-,24+,26-,27+/m1/s1. The molecule has 1 aliphatic heterocycles. The molecule has 5 rings (SSSR count). The Morgan fingerprint density at radius 1 is 1.19 bits per heavy atom. The van der Waals surface area contributed by atoms with Gasteiger partial charge < -0.3 is 15.1 Å². The van der Waals surface area contributed by atoms with Crippen molar-refractivity contribution in [2.45, 2.75) is 58.1 Å². The zero-order chi connectivity index (χ0) is 22.8. The van der Waals surface area contributed by atoms with Crippen molar-refractivity contribution in [3.8, 4) is 0 Å². The number of aliphatic hydroxyl groups excluding tert-OH is 1. The monoisotopic (exact) mass is 435 g/mol. The molecule has 1 heterocycles. The van der Waals surface area contributed by atoms with Crippen LogP contribution >= 0.6 is 0 Å². The summed E-state index contributed by atoms with van der Waals surface area (Å²) in [5, 5.41) is 20.7. The second-order valence-electron chi connectivity index (χ2n) is 10.9. The highest BCUT2D eigenvalue weighted by Crippen LogP contribution is 2.65. The first-order valence-corrected chi connectivity index (χ1v) is 11.8. The van der Waals surface area contributed by atoms with Gasteiger partial charge in [0.05, 0.1) is 11.7 Å². The van der Waals surface area contributed by atoms with Gasteiger partial charge in [0.25, 0.3) is 0 Å². The van der Waals surface area contributed by atoms with Crippen LogP contribution in [0.2, 0.25) is 0 Å². The second kappa shape index (κ2) is 7.31. The Labute approximate surface area is 189 Å². The van der Waals surface area contributed by atoms with Crippen molar-refractivity contribution in [1.82, 2.24) is 4.90 Å². The predicted molar refractivity (Wildman–Crippen MR) is 123 cm³/mol. The number of carboxylic acid groups (broad SMARTS) is 1. The Morgan fingerprint density at radius 2 is 1.97 bits per heavy atom. The lowest BCUT2D eigenvalue weighted by molar-refractivity contribution is -0.140. The lowest BCUT2D eigenvalue weighted by Crippen LogP contribution is -2.59. The number of amides is 1. The van der Waals surface area contributed by atoms with E-state index in [-0.39, 0.29) is 28.3 Å². The number of aromatic carboxylic acids is 1. The fraction of sp³-hybridized carbons (Fsp3) is 0.556. The van der Waals surface area contributed by atoms with Crippen LogP contribution in [0.4, 0.5) is 0 Å². The minimum absolute atomic E-state index is 0.0137. The molecule has 1 aromatic carbocycles. The average Bonchev–Trinajstić information content (AvgIpc) is 3.02. The van der Waals surface area contributed by atoms with E-state index in [0.29, 0.717) is 17.8 Å². The number of likely N-dealkylation sites (N-methyl/N-ethyl adjacent to an activating group) is 1. The first-order valence-electron chi connectivity index (χ1n) is 11.8. The van der Waals surface area contributed by atoms with Crippen molar-refractivity contribution >= 4 is 18.0 Å². The van der Waals surface area contributed by atoms with Crippen LogP contribution in [0.5, 0.6) is 0 Å². The molecule has 0 unspecified atom stereocenters. The fourth-order valence-corrected chi connectivity index (χ4v) is 7.71. The molecule has 0 radical (unpaired) electrons. The number of fused-ring (bicyclic) bond motifs is 5. The number of carbonyl (C=O) groups is 2. The van der Waals surface area contributed by atoms with Gasteiger partial charge in [0.15, 0.2) is 0 Å². The summed E-state index contributed by atoms with van der Waals surface area (Å²) >= 11 is 0. The summed E-state index contributed by atoms with van der Waals surface area (Å²) in [6.07, 6.45) is 10.4. The van der Waals surface area contributed by atoms with Crippen LogP contribution in [-0.4, -0.2) is 46.2 Å². The molecule has 32 heavy (non-hydrogen) atoms. The van der Waals surface area contributed by atoms with E-state index in [1.165, 1.54) is 0 Å². The lowest BCUT2D eigenvalue weighted by atomic mass is 9.48. The Morgan fingerprint density at radius 3 is 2.72 bits per heavy atom. The minimum atomic E-state index is -0.935. The van der Waals surface area contributed by atoms with Crippen LogP contribution < -0.4 is 0 Å². The Hall–Kier alpha value is -2.40. The lowest BCUT2D eigenvalue weighted by Gasteiger charge is -2.59. The number of aliphatic hydroxyl groups is 1. The molecule has 2 N–H and O–H groups in total. The minimum Gasteiger partial charge on any atom is -0.478 e. The summed E-state index contributed by atoms with van der Waals surface area (Å²) in [6, 6.07) is 7.20. The number of benzene rings is 1. The molecule has 3 saturated carbocycles. The highest BCUT2D eigenvalue weighted by molar-refractivity contribution is 5.89. The van der Waals surface area contributed by atoms with E-state index >= 15 is 0 Å². The first-order chi connectivity index (χ1) is 15.1. The number of hydrogen-bond donors (Lipinski definition) is 2. The van der Waals surface area contributed by atoms with Crippen molar-refractivity contribution in [2.75, 3.05) is 7.05 Å². The molecule has 5 nitrogen and oxygen atoms in total. The maximum atomic E-state index is 12.3. The van der Waals surface area contributed by atoms with Crippen molar-refractivity contribution in [3.63, 3.8) is 0 Å². The third-order valence-electron chi connectivity index (χ3n) is 9.48. The predicted octanol–water partition coefficient (Wildman–Crippen LogP) is 4.38. The number of carbonyl (C=O) groups excluding carboxylic acids is 1. The molecule has 7 atom stereocenters. The number of carboxylic acids is 1. The summed E-state index contributed by atoms with van der Waals surface area (Å²) in [6.45, 7) is 4.57. The summed E-state index contributed by atoms with van der Waals surface area (Å²) < 4.78 is 0. The number of nitrogens with zero attached hydrogens (tertiary/aromatic N) is 1. The van der Waals surface area contributed by atoms with Crippen LogP contribution in [0.1, 0.15) is 61.9 Å². The van der Waals surface area contributed by atoms with E-state index in [2.05, 4.69) is 19.9 Å². The molecular weight excluding hydrogens is 402 g/mol. The van der Waals surface area contributed by atoms with E-state index in [0.717, 1.165) is 43.2 Å². The van der Waals surface area contributed by atoms with Gasteiger partial charge in [-0.25, -0.2) is 4.79 Å². The molecule has 1 amide bonds. The van der Waals surface area contributed by atoms with Crippen LogP contribution in [0.15, 0.2) is 42.0 Å². The normalized spacial score (nSPS) is 41.9. The topological polar surface area (TPSA) is 77.8 Å². The smallest absolute Gasteiger partial charge is 0.335 e. The van der Waals surface area contributed by atoms with E-state index < -0.39 is 12.1 Å². The molecule has 0 spiro atoms. The van der Waals surface area contributed by atoms with Crippen molar-refractivity contribution < 1.29 is 19.8 Å². The van der Waals surface area contributed by atoms with Crippen LogP contribution in [0.3, 0.4) is 0 Å². The summed E-state index contributed by atoms with van der Waals surface area (Å²) in [5.74, 6) is 0.603. The van der Waals surface area contributed by atoms with Crippen LogP contribution in [0.25, 0.3) is 6.08 Å². The molecule has 5 heteroatoms. The number of hydrogen-bond acceptors (Lipinski definition) is 3. The maximum absolute atomic E-state index is 12.3. The van der Waals surface area contributed by atoms with Gasteiger partial charge in [-0.15, -0.1) is 0 Å². The third kappa shape index (κ3) is 3.01. The Balaban J connectivity index is 1.47. The van der Waals surface area contributed by atoms with E-state index in [9.17, 15) is 19.8 Å². The third-order valence-corrected chi connectivity index (χ3v) is 9.48. The van der Waals surface area contributed by atoms with Crippen molar-refractivity contribution in [3.05, 3.63) is 53.1 Å². The molecule has 4 aliphatic rings. The van der Waals surface area contributed by atoms with E-state index in [1.54, 1.807) is 24.3 Å². The Kier molecular flexibility index (Phi) is 4.90. The summed E-state index contributed by atoms with van der Waals surface area (Å²) in [5.41, 5.74) is 1.97. The van der Waals surface area contributed by atoms with Crippen LogP contribution in [0, 0.1) is 28.6 Å². The van der Waals surface area contributed by atoms with Gasteiger partial charge in [0.2, 0.25) is 5.91 Å². The van der Waals surface area contributed by atoms with Gasteiger partial charge in [-0.2, -0.15) is 0 Å². The zero-order valence-corrected chi connectivity index (χ0v) is 19.1. The van der Waals surface area contributed by atoms with Gasteiger partial charge in [-0.1, -0.05) is 38.1 Å². The first kappa shape index (κ1) is 21.4. The van der Waals surface area contributed by atoms with Gasteiger partial charge in [-0.05, 0) is 79.2 Å². The number of rotatable bonds is 2. The highest BCUT2D eigenvalue weighted by atomic mass is 16.4. The molecule has 170 valence electrons. The largest absolute Gasteiger partial charge is 0.478 e. The van der Waals surface area contributed by atoms with Crippen LogP contribution in [-0.2, 0) is 4.79 Å². The van der Waals surface area contributed by atoms with E-state index in [4.69, 9.17) is 0 Å². The molecule has 3 fully saturated rings. The van der Waals surface area contributed by atoms with Gasteiger partial charge in [-0.3, -0.25) is 4.79 Å². The van der Waals surface area contributed by atoms with Crippen molar-refractivity contribution in [1.29, 1.82) is 0 Å². The van der Waals surface area contributed by atoms with Gasteiger partial charge in [0.1, 0.15) is 0 Å². The highest BCUT2D eigenvalue weighted by Gasteiger charge is 2.61. The van der Waals surface area contributed by atoms with Gasteiger partial charge in [0, 0.05) is 23.9 Å². The second-order valence-corrected chi connectivity index (χ2v) is 10.9. The summed E-state index contributed by atoms with van der Waals surface area (Å²) in [4.78, 5) is 25.6. The fourth-order valence-electron chi connectivity index (χ4n) is 7.71. The van der Waals surface area contributed by atoms with Gasteiger partial charge >= 0.3 is 5.97 Å². The zero-order valence-electron chi connectivity index (χ0n) is 19.1. The summed E-state index contributed by atoms with van der Waals surface area (Å²) in [7, 11) is 1.94. The molecule has 0 saturated heterocycles. The molecule has 3 aliphatic carbocycles. The Bertz CT molecular complexity index is 1030. The molecule has 1 aromatic rings. The quantitative estimate of drug-likeness (QED) is 0.723. The molecule has 0 bridgehead atoms. The SMILES string of the molecule is CN1C(=O)C=C[C@]2(C)[C@H]3CC[C@]4(C)[C@@H](O)C(=Cc5cccc(C(=O)O)c5)C[C@H]4[C@@H]3CC[C@@H]12. The maximum Gasteiger partial charge on any atom is 0.335 e.